The molecule has 1 unspecified atom stereocenters. The number of ketones is 1. The zero-order chi connectivity index (χ0) is 10.0. The van der Waals surface area contributed by atoms with E-state index in [4.69, 9.17) is 5.73 Å². The summed E-state index contributed by atoms with van der Waals surface area (Å²) in [6.07, 6.45) is 2.24. The molecule has 0 radical (unpaired) electrons. The van der Waals surface area contributed by atoms with Gasteiger partial charge in [-0.25, -0.2) is 0 Å². The number of carbonyl (C=O) groups excluding carboxylic acids is 1. The summed E-state index contributed by atoms with van der Waals surface area (Å²) in [5, 5.41) is 3.99. The van der Waals surface area contributed by atoms with Gasteiger partial charge < -0.3 is 5.73 Å². The fourth-order valence-electron chi connectivity index (χ4n) is 1.13. The lowest BCUT2D eigenvalue weighted by Gasteiger charge is -2.06. The molecule has 0 fully saturated rings. The first-order valence-corrected chi connectivity index (χ1v) is 4.36. The molecule has 1 heterocycles. The molecule has 0 aliphatic heterocycles. The van der Waals surface area contributed by atoms with E-state index in [0.717, 1.165) is 5.69 Å². The first kappa shape index (κ1) is 9.92. The van der Waals surface area contributed by atoms with Crippen molar-refractivity contribution in [1.29, 1.82) is 0 Å². The van der Waals surface area contributed by atoms with Gasteiger partial charge in [-0.2, -0.15) is 5.10 Å². The average molecular weight is 181 g/mol. The van der Waals surface area contributed by atoms with E-state index in [2.05, 4.69) is 5.10 Å². The molecule has 4 heteroatoms. The van der Waals surface area contributed by atoms with Crippen LogP contribution in [0, 0.1) is 6.92 Å². The maximum Gasteiger partial charge on any atom is 0.182 e. The van der Waals surface area contributed by atoms with Crippen molar-refractivity contribution in [3.05, 3.63) is 17.5 Å². The Balaban J connectivity index is 2.95. The molecule has 1 aromatic heterocycles. The average Bonchev–Trinajstić information content (AvgIpc) is 2.45. The molecule has 72 valence electrons. The number of hydrogen-bond donors (Lipinski definition) is 1. The van der Waals surface area contributed by atoms with Crippen LogP contribution in [0.3, 0.4) is 0 Å². The Labute approximate surface area is 77.7 Å². The smallest absolute Gasteiger partial charge is 0.182 e. The van der Waals surface area contributed by atoms with E-state index >= 15 is 0 Å². The first-order chi connectivity index (χ1) is 6.07. The maximum atomic E-state index is 11.6. The van der Waals surface area contributed by atoms with Crippen molar-refractivity contribution in [2.75, 3.05) is 0 Å². The second-order valence-electron chi connectivity index (χ2n) is 3.15. The van der Waals surface area contributed by atoms with E-state index in [9.17, 15) is 4.79 Å². The molecule has 0 amide bonds. The summed E-state index contributed by atoms with van der Waals surface area (Å²) >= 11 is 0. The summed E-state index contributed by atoms with van der Waals surface area (Å²) in [6, 6.07) is -0.400. The zero-order valence-electron chi connectivity index (χ0n) is 8.24. The highest BCUT2D eigenvalue weighted by atomic mass is 16.1. The summed E-state index contributed by atoms with van der Waals surface area (Å²) in [4.78, 5) is 11.6. The van der Waals surface area contributed by atoms with Gasteiger partial charge in [-0.3, -0.25) is 9.48 Å². The van der Waals surface area contributed by atoms with Gasteiger partial charge in [-0.15, -0.1) is 0 Å². The molecule has 4 nitrogen and oxygen atoms in total. The second-order valence-corrected chi connectivity index (χ2v) is 3.15. The Morgan fingerprint density at radius 3 is 2.77 bits per heavy atom. The number of aromatic nitrogens is 2. The van der Waals surface area contributed by atoms with Crippen LogP contribution in [-0.4, -0.2) is 21.6 Å². The van der Waals surface area contributed by atoms with Crippen molar-refractivity contribution in [3.63, 3.8) is 0 Å². The van der Waals surface area contributed by atoms with Gasteiger partial charge in [-0.1, -0.05) is 6.92 Å². The third-order valence-corrected chi connectivity index (χ3v) is 2.28. The highest BCUT2D eigenvalue weighted by molar-refractivity contribution is 6.00. The minimum atomic E-state index is -0.400. The normalized spacial score (nSPS) is 12.9. The van der Waals surface area contributed by atoms with Crippen LogP contribution in [0.4, 0.5) is 0 Å². The van der Waals surface area contributed by atoms with Gasteiger partial charge in [0, 0.05) is 12.7 Å². The first-order valence-electron chi connectivity index (χ1n) is 4.36. The van der Waals surface area contributed by atoms with Crippen molar-refractivity contribution in [1.82, 2.24) is 9.78 Å². The molecule has 1 atom stereocenters. The molecule has 0 aromatic carbocycles. The highest BCUT2D eigenvalue weighted by Gasteiger charge is 2.17. The Kier molecular flexibility index (Phi) is 2.83. The van der Waals surface area contributed by atoms with E-state index in [-0.39, 0.29) is 5.78 Å². The van der Waals surface area contributed by atoms with Crippen LogP contribution < -0.4 is 5.73 Å². The maximum absolute atomic E-state index is 11.6. The molecule has 0 aliphatic rings. The Hall–Kier alpha value is -1.16. The van der Waals surface area contributed by atoms with Gasteiger partial charge in [0.25, 0.3) is 0 Å². The third kappa shape index (κ3) is 1.78. The minimum absolute atomic E-state index is 0.0203. The number of Topliss-reactive ketones (excluding diaryl/α,β-unsaturated/α-hetero) is 1. The van der Waals surface area contributed by atoms with Crippen LogP contribution in [0.2, 0.25) is 0 Å². The van der Waals surface area contributed by atoms with Crippen LogP contribution in [0.25, 0.3) is 0 Å². The van der Waals surface area contributed by atoms with Gasteiger partial charge >= 0.3 is 0 Å². The number of rotatable bonds is 3. The van der Waals surface area contributed by atoms with Crippen LogP contribution in [-0.2, 0) is 7.05 Å². The summed E-state index contributed by atoms with van der Waals surface area (Å²) in [6.45, 7) is 3.76. The van der Waals surface area contributed by atoms with Crippen LogP contribution >= 0.6 is 0 Å². The lowest BCUT2D eigenvalue weighted by atomic mass is 10.0. The number of hydrogen-bond acceptors (Lipinski definition) is 3. The topological polar surface area (TPSA) is 60.9 Å². The van der Waals surface area contributed by atoms with E-state index in [1.165, 1.54) is 0 Å². The van der Waals surface area contributed by atoms with Crippen molar-refractivity contribution in [2.24, 2.45) is 12.8 Å². The predicted octanol–water partition coefficient (Wildman–Crippen LogP) is 0.649. The molecule has 0 saturated heterocycles. The van der Waals surface area contributed by atoms with Gasteiger partial charge in [0.15, 0.2) is 5.78 Å². The molecule has 0 bridgehead atoms. The SMILES string of the molecule is CCC(N)C(=O)c1cnn(C)c1C. The van der Waals surface area contributed by atoms with E-state index < -0.39 is 6.04 Å². The van der Waals surface area contributed by atoms with Crippen molar-refractivity contribution < 1.29 is 4.79 Å². The fraction of sp³-hybridized carbons (Fsp3) is 0.556. The molecular formula is C9H15N3O. The third-order valence-electron chi connectivity index (χ3n) is 2.28. The van der Waals surface area contributed by atoms with Gasteiger partial charge in [0.05, 0.1) is 17.8 Å². The van der Waals surface area contributed by atoms with E-state index in [0.29, 0.717) is 12.0 Å². The van der Waals surface area contributed by atoms with E-state index in [1.54, 1.807) is 10.9 Å². The highest BCUT2D eigenvalue weighted by Crippen LogP contribution is 2.09. The summed E-state index contributed by atoms with van der Waals surface area (Å²) in [7, 11) is 1.81. The monoisotopic (exact) mass is 181 g/mol. The van der Waals surface area contributed by atoms with Crippen LogP contribution in [0.15, 0.2) is 6.20 Å². The van der Waals surface area contributed by atoms with Crippen LogP contribution in [0.5, 0.6) is 0 Å². The van der Waals surface area contributed by atoms with Gasteiger partial charge in [-0.05, 0) is 13.3 Å². The van der Waals surface area contributed by atoms with Crippen molar-refractivity contribution >= 4 is 5.78 Å². The predicted molar refractivity (Wildman–Crippen MR) is 50.5 cm³/mol. The quantitative estimate of drug-likeness (QED) is 0.696. The number of nitrogens with two attached hydrogens (primary N) is 1. The molecule has 0 aliphatic carbocycles. The van der Waals surface area contributed by atoms with E-state index in [1.807, 2.05) is 20.9 Å². The minimum Gasteiger partial charge on any atom is -0.321 e. The second kappa shape index (κ2) is 3.70. The standard InChI is InChI=1S/C9H15N3O/c1-4-8(10)9(13)7-5-11-12(3)6(7)2/h5,8H,4,10H2,1-3H3. The number of nitrogens with zero attached hydrogens (tertiary/aromatic N) is 2. The Morgan fingerprint density at radius 1 is 1.77 bits per heavy atom. The Morgan fingerprint density at radius 2 is 2.38 bits per heavy atom. The summed E-state index contributed by atoms with van der Waals surface area (Å²) < 4.78 is 1.68. The summed E-state index contributed by atoms with van der Waals surface area (Å²) in [5.41, 5.74) is 7.15. The van der Waals surface area contributed by atoms with Crippen LogP contribution in [0.1, 0.15) is 29.4 Å². The molecule has 2 N–H and O–H groups in total. The van der Waals surface area contributed by atoms with Gasteiger partial charge in [0.1, 0.15) is 0 Å². The molecule has 1 rings (SSSR count). The Bertz CT molecular complexity index is 317. The zero-order valence-corrected chi connectivity index (χ0v) is 8.24. The molecule has 0 spiro atoms. The van der Waals surface area contributed by atoms with Crippen molar-refractivity contribution in [2.45, 2.75) is 26.3 Å². The molecular weight excluding hydrogens is 166 g/mol. The lowest BCUT2D eigenvalue weighted by Crippen LogP contribution is -2.29. The molecule has 13 heavy (non-hydrogen) atoms. The largest absolute Gasteiger partial charge is 0.321 e. The summed E-state index contributed by atoms with van der Waals surface area (Å²) in [5.74, 6) is -0.0203. The lowest BCUT2D eigenvalue weighted by molar-refractivity contribution is 0.0958. The number of carbonyl (C=O) groups is 1. The molecule has 0 saturated carbocycles. The number of aryl methyl sites for hydroxylation is 1. The van der Waals surface area contributed by atoms with Gasteiger partial charge in [0.2, 0.25) is 0 Å². The fourth-order valence-corrected chi connectivity index (χ4v) is 1.13. The van der Waals surface area contributed by atoms with Crippen molar-refractivity contribution in [3.8, 4) is 0 Å². The molecule has 1 aromatic rings.